The van der Waals surface area contributed by atoms with E-state index in [1.807, 2.05) is 0 Å². The molecule has 5 heteroatoms. The van der Waals surface area contributed by atoms with Crippen molar-refractivity contribution in [3.63, 3.8) is 0 Å². The van der Waals surface area contributed by atoms with Gasteiger partial charge in [0.15, 0.2) is 11.6 Å². The second-order valence-corrected chi connectivity index (χ2v) is 6.61. The maximum absolute atomic E-state index is 14.9. The fourth-order valence-electron chi connectivity index (χ4n) is 4.10. The number of rotatable bonds is 4. The Morgan fingerprint density at radius 3 is 2.48 bits per heavy atom. The summed E-state index contributed by atoms with van der Waals surface area (Å²) in [5.74, 6) is -0.519. The van der Waals surface area contributed by atoms with Crippen molar-refractivity contribution in [2.24, 2.45) is 5.92 Å². The molecule has 0 radical (unpaired) electrons. The van der Waals surface area contributed by atoms with Crippen LogP contribution in [0.5, 0.6) is 5.75 Å². The molecule has 1 heterocycles. The van der Waals surface area contributed by atoms with Gasteiger partial charge < -0.3 is 10.1 Å². The van der Waals surface area contributed by atoms with Crippen LogP contribution >= 0.6 is 0 Å². The Kier molecular flexibility index (Phi) is 5.49. The third-order valence-corrected chi connectivity index (χ3v) is 5.25. The van der Waals surface area contributed by atoms with Gasteiger partial charge >= 0.3 is 0 Å². The van der Waals surface area contributed by atoms with Gasteiger partial charge in [0.2, 0.25) is 0 Å². The number of nitrogens with one attached hydrogen (secondary N) is 1. The molecule has 128 valence electrons. The quantitative estimate of drug-likeness (QED) is 0.917. The molecule has 1 aromatic carbocycles. The lowest BCUT2D eigenvalue weighted by Crippen LogP contribution is -2.47. The summed E-state index contributed by atoms with van der Waals surface area (Å²) in [5.41, 5.74) is 0.207. The van der Waals surface area contributed by atoms with Gasteiger partial charge in [-0.1, -0.05) is 19.3 Å². The van der Waals surface area contributed by atoms with Crippen molar-refractivity contribution in [1.29, 1.82) is 0 Å². The first-order chi connectivity index (χ1) is 11.2. The average Bonchev–Trinajstić information content (AvgIpc) is 2.60. The zero-order valence-electron chi connectivity index (χ0n) is 13.8. The van der Waals surface area contributed by atoms with Crippen LogP contribution in [0, 0.1) is 17.6 Å². The van der Waals surface area contributed by atoms with E-state index in [0.29, 0.717) is 5.92 Å². The minimum atomic E-state index is -0.526. The molecule has 1 aliphatic carbocycles. The smallest absolute Gasteiger partial charge is 0.172 e. The Balaban J connectivity index is 2.00. The van der Waals surface area contributed by atoms with Crippen LogP contribution in [0.4, 0.5) is 8.78 Å². The SMILES string of the molecule is COc1ccc(F)c([C@@H](C2CCCCC2)N2CCNCC2)c1F. The van der Waals surface area contributed by atoms with Crippen molar-refractivity contribution in [3.05, 3.63) is 29.3 Å². The van der Waals surface area contributed by atoms with E-state index in [0.717, 1.165) is 51.9 Å². The Morgan fingerprint density at radius 2 is 1.83 bits per heavy atom. The molecule has 0 bridgehead atoms. The molecule has 1 aromatic rings. The monoisotopic (exact) mass is 324 g/mol. The molecular formula is C18H26F2N2O. The van der Waals surface area contributed by atoms with Crippen molar-refractivity contribution in [2.75, 3.05) is 33.3 Å². The maximum Gasteiger partial charge on any atom is 0.172 e. The maximum atomic E-state index is 14.9. The number of hydrogen-bond donors (Lipinski definition) is 1. The van der Waals surface area contributed by atoms with E-state index in [2.05, 4.69) is 10.2 Å². The van der Waals surface area contributed by atoms with Gasteiger partial charge in [0.1, 0.15) is 5.82 Å². The molecule has 1 saturated carbocycles. The third-order valence-electron chi connectivity index (χ3n) is 5.25. The molecule has 23 heavy (non-hydrogen) atoms. The third kappa shape index (κ3) is 3.50. The van der Waals surface area contributed by atoms with Crippen LogP contribution in [0.25, 0.3) is 0 Å². The van der Waals surface area contributed by atoms with E-state index >= 15 is 0 Å². The van der Waals surface area contributed by atoms with E-state index in [9.17, 15) is 8.78 Å². The van der Waals surface area contributed by atoms with Crippen LogP contribution in [-0.4, -0.2) is 38.2 Å². The fraction of sp³-hybridized carbons (Fsp3) is 0.667. The molecule has 2 aliphatic rings. The number of nitrogens with zero attached hydrogens (tertiary/aromatic N) is 1. The molecule has 3 nitrogen and oxygen atoms in total. The molecule has 1 atom stereocenters. The first kappa shape index (κ1) is 16.7. The summed E-state index contributed by atoms with van der Waals surface area (Å²) in [6, 6.07) is 2.53. The van der Waals surface area contributed by atoms with Gasteiger partial charge in [0.25, 0.3) is 0 Å². The minimum Gasteiger partial charge on any atom is -0.494 e. The molecule has 0 spiro atoms. The normalized spacial score (nSPS) is 22.0. The fourth-order valence-corrected chi connectivity index (χ4v) is 4.10. The average molecular weight is 324 g/mol. The molecule has 2 fully saturated rings. The summed E-state index contributed by atoms with van der Waals surface area (Å²) in [6.45, 7) is 3.40. The predicted octanol–water partition coefficient (Wildman–Crippen LogP) is 3.50. The number of benzene rings is 1. The van der Waals surface area contributed by atoms with Gasteiger partial charge in [0, 0.05) is 37.8 Å². The lowest BCUT2D eigenvalue weighted by atomic mass is 9.79. The summed E-state index contributed by atoms with van der Waals surface area (Å²) in [4.78, 5) is 2.26. The number of halogens is 2. The molecular weight excluding hydrogens is 298 g/mol. The van der Waals surface area contributed by atoms with Crippen molar-refractivity contribution in [3.8, 4) is 5.75 Å². The standard InChI is InChI=1S/C18H26F2N2O/c1-23-15-8-7-14(19)16(17(15)20)18(13-5-3-2-4-6-13)22-11-9-21-10-12-22/h7-8,13,18,21H,2-6,9-12H2,1H3/t18-/m1/s1. The van der Waals surface area contributed by atoms with Gasteiger partial charge in [-0.3, -0.25) is 4.90 Å². The van der Waals surface area contributed by atoms with Crippen LogP contribution in [-0.2, 0) is 0 Å². The second kappa shape index (κ2) is 7.58. The van der Waals surface area contributed by atoms with E-state index in [1.54, 1.807) is 0 Å². The second-order valence-electron chi connectivity index (χ2n) is 6.61. The number of ether oxygens (including phenoxy) is 1. The minimum absolute atomic E-state index is 0.136. The number of hydrogen-bond acceptors (Lipinski definition) is 3. The summed E-state index contributed by atoms with van der Waals surface area (Å²) >= 11 is 0. The first-order valence-electron chi connectivity index (χ1n) is 8.69. The molecule has 1 N–H and O–H groups in total. The van der Waals surface area contributed by atoms with Crippen molar-refractivity contribution in [1.82, 2.24) is 10.2 Å². The summed E-state index contributed by atoms with van der Waals surface area (Å²) in [6.07, 6.45) is 5.63. The van der Waals surface area contributed by atoms with Gasteiger partial charge in [0.05, 0.1) is 7.11 Å². The van der Waals surface area contributed by atoms with Crippen molar-refractivity contribution >= 4 is 0 Å². The van der Waals surface area contributed by atoms with E-state index in [4.69, 9.17) is 4.74 Å². The Bertz CT molecular complexity index is 508. The van der Waals surface area contributed by atoms with Gasteiger partial charge in [-0.05, 0) is 30.9 Å². The molecule has 0 amide bonds. The highest BCUT2D eigenvalue weighted by molar-refractivity contribution is 5.35. The van der Waals surface area contributed by atoms with Crippen LogP contribution in [0.2, 0.25) is 0 Å². The van der Waals surface area contributed by atoms with Crippen molar-refractivity contribution in [2.45, 2.75) is 38.1 Å². The van der Waals surface area contributed by atoms with E-state index in [-0.39, 0.29) is 17.4 Å². The molecule has 0 aromatic heterocycles. The first-order valence-corrected chi connectivity index (χ1v) is 8.69. The highest BCUT2D eigenvalue weighted by Gasteiger charge is 2.35. The summed E-state index contributed by atoms with van der Waals surface area (Å²) in [7, 11) is 1.43. The van der Waals surface area contributed by atoms with Crippen LogP contribution in [0.3, 0.4) is 0 Å². The predicted molar refractivity (Wildman–Crippen MR) is 86.7 cm³/mol. The van der Waals surface area contributed by atoms with E-state index in [1.165, 1.54) is 25.7 Å². The topological polar surface area (TPSA) is 24.5 Å². The van der Waals surface area contributed by atoms with E-state index < -0.39 is 11.6 Å². The number of piperazine rings is 1. The van der Waals surface area contributed by atoms with Crippen LogP contribution in [0.1, 0.15) is 43.7 Å². The molecule has 3 rings (SSSR count). The van der Waals surface area contributed by atoms with Crippen LogP contribution < -0.4 is 10.1 Å². The Hall–Kier alpha value is -1.20. The van der Waals surface area contributed by atoms with Gasteiger partial charge in [-0.25, -0.2) is 8.78 Å². The number of methoxy groups -OCH3 is 1. The van der Waals surface area contributed by atoms with Crippen molar-refractivity contribution < 1.29 is 13.5 Å². The lowest BCUT2D eigenvalue weighted by Gasteiger charge is -2.41. The largest absolute Gasteiger partial charge is 0.494 e. The van der Waals surface area contributed by atoms with Gasteiger partial charge in [-0.2, -0.15) is 0 Å². The highest BCUT2D eigenvalue weighted by atomic mass is 19.1. The molecule has 1 aliphatic heterocycles. The Morgan fingerprint density at radius 1 is 1.13 bits per heavy atom. The summed E-state index contributed by atoms with van der Waals surface area (Å²) in [5, 5.41) is 3.32. The lowest BCUT2D eigenvalue weighted by molar-refractivity contribution is 0.0971. The van der Waals surface area contributed by atoms with Crippen LogP contribution in [0.15, 0.2) is 12.1 Å². The summed E-state index contributed by atoms with van der Waals surface area (Å²) < 4.78 is 34.6. The molecule has 0 unspecified atom stereocenters. The van der Waals surface area contributed by atoms with Gasteiger partial charge in [-0.15, -0.1) is 0 Å². The zero-order valence-corrected chi connectivity index (χ0v) is 13.8. The highest BCUT2D eigenvalue weighted by Crippen LogP contribution is 2.41. The Labute approximate surface area is 137 Å². The zero-order chi connectivity index (χ0) is 16.2. The molecule has 1 saturated heterocycles.